The molecule has 0 aromatic carbocycles. The van der Waals surface area contributed by atoms with E-state index in [9.17, 15) is 4.79 Å². The van der Waals surface area contributed by atoms with E-state index in [1.165, 1.54) is 0 Å². The first-order valence-electron chi connectivity index (χ1n) is 6.51. The number of hydrogen-bond donors (Lipinski definition) is 0. The first-order valence-corrected chi connectivity index (χ1v) is 6.94. The zero-order chi connectivity index (χ0) is 13.3. The minimum atomic E-state index is 0.0872. The summed E-state index contributed by atoms with van der Waals surface area (Å²) in [6.45, 7) is 6.52. The topological polar surface area (TPSA) is 33.5 Å². The minimum Gasteiger partial charge on any atom is -0.466 e. The Kier molecular flexibility index (Phi) is 4.00. The van der Waals surface area contributed by atoms with Crippen molar-refractivity contribution in [2.75, 3.05) is 6.54 Å². The van der Waals surface area contributed by atoms with Crippen LogP contribution in [0.2, 0.25) is 0 Å². The van der Waals surface area contributed by atoms with Crippen molar-refractivity contribution >= 4 is 17.5 Å². The summed E-state index contributed by atoms with van der Waals surface area (Å²) in [6, 6.07) is 2.11. The molecule has 0 saturated carbocycles. The second-order valence-corrected chi connectivity index (χ2v) is 5.88. The third kappa shape index (κ3) is 2.72. The Labute approximate surface area is 113 Å². The summed E-state index contributed by atoms with van der Waals surface area (Å²) in [4.78, 5) is 14.5. The zero-order valence-electron chi connectivity index (χ0n) is 11.2. The van der Waals surface area contributed by atoms with E-state index in [-0.39, 0.29) is 17.3 Å². The molecule has 1 aliphatic rings. The monoisotopic (exact) mass is 269 g/mol. The second-order valence-electron chi connectivity index (χ2n) is 5.14. The van der Waals surface area contributed by atoms with E-state index >= 15 is 0 Å². The molecule has 1 amide bonds. The van der Waals surface area contributed by atoms with Crippen LogP contribution in [0.15, 0.2) is 10.5 Å². The average Bonchev–Trinajstić information content (AvgIpc) is 2.83. The van der Waals surface area contributed by atoms with E-state index in [4.69, 9.17) is 16.0 Å². The Morgan fingerprint density at radius 2 is 2.33 bits per heavy atom. The molecular formula is C14H20ClNO2. The van der Waals surface area contributed by atoms with Crippen LogP contribution >= 0.6 is 11.6 Å². The predicted molar refractivity (Wildman–Crippen MR) is 72.2 cm³/mol. The van der Waals surface area contributed by atoms with E-state index in [0.29, 0.717) is 11.3 Å². The van der Waals surface area contributed by atoms with Crippen LogP contribution in [0.4, 0.5) is 0 Å². The molecule has 1 aromatic rings. The number of halogens is 1. The van der Waals surface area contributed by atoms with Crippen LogP contribution in [-0.2, 0) is 0 Å². The third-order valence-electron chi connectivity index (χ3n) is 3.51. The van der Waals surface area contributed by atoms with Gasteiger partial charge in [0.05, 0.1) is 5.56 Å². The highest BCUT2D eigenvalue weighted by Gasteiger charge is 2.31. The molecule has 2 heterocycles. The van der Waals surface area contributed by atoms with Crippen molar-refractivity contribution in [1.29, 1.82) is 0 Å². The lowest BCUT2D eigenvalue weighted by molar-refractivity contribution is 0.0729. The van der Waals surface area contributed by atoms with Crippen molar-refractivity contribution < 1.29 is 9.21 Å². The van der Waals surface area contributed by atoms with Gasteiger partial charge in [-0.15, -0.1) is 11.6 Å². The molecule has 4 heteroatoms. The molecule has 2 unspecified atom stereocenters. The number of carbonyl (C=O) groups is 1. The molecule has 1 aliphatic heterocycles. The molecule has 0 aliphatic carbocycles. The van der Waals surface area contributed by atoms with Crippen molar-refractivity contribution in [3.8, 4) is 0 Å². The molecule has 3 nitrogen and oxygen atoms in total. The van der Waals surface area contributed by atoms with Crippen LogP contribution in [-0.4, -0.2) is 28.8 Å². The molecule has 18 heavy (non-hydrogen) atoms. The molecule has 0 N–H and O–H groups in total. The number of amides is 1. The SMILES string of the molecule is Cc1cc(C(=O)N2CCCC2CC(C)Cl)c(C)o1. The number of furan rings is 1. The number of rotatable bonds is 3. The van der Waals surface area contributed by atoms with E-state index in [0.717, 1.165) is 31.6 Å². The largest absolute Gasteiger partial charge is 0.466 e. The quantitative estimate of drug-likeness (QED) is 0.787. The van der Waals surface area contributed by atoms with Crippen LogP contribution in [0.5, 0.6) is 0 Å². The maximum absolute atomic E-state index is 12.5. The number of hydrogen-bond acceptors (Lipinski definition) is 2. The lowest BCUT2D eigenvalue weighted by Crippen LogP contribution is -2.36. The Balaban J connectivity index is 2.15. The smallest absolute Gasteiger partial charge is 0.257 e. The fraction of sp³-hybridized carbons (Fsp3) is 0.643. The number of nitrogens with zero attached hydrogens (tertiary/aromatic N) is 1. The Hall–Kier alpha value is -0.960. The highest BCUT2D eigenvalue weighted by Crippen LogP contribution is 2.26. The summed E-state index contributed by atoms with van der Waals surface area (Å²) in [5, 5.41) is 0.107. The molecule has 2 rings (SSSR count). The predicted octanol–water partition coefficient (Wildman–Crippen LogP) is 3.52. The Morgan fingerprint density at radius 1 is 1.61 bits per heavy atom. The Morgan fingerprint density at radius 3 is 2.89 bits per heavy atom. The highest BCUT2D eigenvalue weighted by atomic mass is 35.5. The van der Waals surface area contributed by atoms with Gasteiger partial charge in [0.2, 0.25) is 0 Å². The first kappa shape index (κ1) is 13.5. The van der Waals surface area contributed by atoms with Crippen LogP contribution in [0.25, 0.3) is 0 Å². The van der Waals surface area contributed by atoms with Gasteiger partial charge < -0.3 is 9.32 Å². The lowest BCUT2D eigenvalue weighted by Gasteiger charge is -2.25. The van der Waals surface area contributed by atoms with Crippen molar-refractivity contribution in [2.24, 2.45) is 0 Å². The van der Waals surface area contributed by atoms with E-state index in [2.05, 4.69) is 0 Å². The summed E-state index contributed by atoms with van der Waals surface area (Å²) >= 11 is 6.05. The maximum atomic E-state index is 12.5. The summed E-state index contributed by atoms with van der Waals surface area (Å²) in [7, 11) is 0. The van der Waals surface area contributed by atoms with Crippen LogP contribution in [0, 0.1) is 13.8 Å². The molecule has 1 fully saturated rings. The van der Waals surface area contributed by atoms with Crippen LogP contribution in [0.3, 0.4) is 0 Å². The number of carbonyl (C=O) groups excluding carboxylic acids is 1. The fourth-order valence-corrected chi connectivity index (χ4v) is 2.93. The van der Waals surface area contributed by atoms with Crippen molar-refractivity contribution in [3.63, 3.8) is 0 Å². The van der Waals surface area contributed by atoms with Gasteiger partial charge in [-0.25, -0.2) is 0 Å². The second kappa shape index (κ2) is 5.35. The first-order chi connectivity index (χ1) is 8.49. The molecule has 0 spiro atoms. The van der Waals surface area contributed by atoms with Crippen LogP contribution < -0.4 is 0 Å². The molecule has 0 bridgehead atoms. The molecule has 100 valence electrons. The molecule has 0 radical (unpaired) electrons. The van der Waals surface area contributed by atoms with Crippen molar-refractivity contribution in [3.05, 3.63) is 23.2 Å². The summed E-state index contributed by atoms with van der Waals surface area (Å²) in [5.74, 6) is 1.59. The standard InChI is InChI=1S/C14H20ClNO2/c1-9(15)7-12-5-4-6-16(12)14(17)13-8-10(2)18-11(13)3/h8-9,12H,4-7H2,1-3H3. The molecular weight excluding hydrogens is 250 g/mol. The molecule has 1 aromatic heterocycles. The lowest BCUT2D eigenvalue weighted by atomic mass is 10.1. The summed E-state index contributed by atoms with van der Waals surface area (Å²) in [6.07, 6.45) is 2.98. The number of aryl methyl sites for hydroxylation is 2. The van der Waals surface area contributed by atoms with E-state index < -0.39 is 0 Å². The van der Waals surface area contributed by atoms with Gasteiger partial charge in [-0.2, -0.15) is 0 Å². The van der Waals surface area contributed by atoms with Gasteiger partial charge in [0.1, 0.15) is 11.5 Å². The summed E-state index contributed by atoms with van der Waals surface area (Å²) < 4.78 is 5.44. The van der Waals surface area contributed by atoms with Gasteiger partial charge in [0.15, 0.2) is 0 Å². The van der Waals surface area contributed by atoms with Crippen LogP contribution in [0.1, 0.15) is 48.1 Å². The molecule has 2 atom stereocenters. The van der Waals surface area contributed by atoms with Gasteiger partial charge in [0.25, 0.3) is 5.91 Å². The number of alkyl halides is 1. The number of likely N-dealkylation sites (tertiary alicyclic amines) is 1. The molecule has 1 saturated heterocycles. The van der Waals surface area contributed by atoms with Crippen molar-refractivity contribution in [1.82, 2.24) is 4.90 Å². The van der Waals surface area contributed by atoms with E-state index in [1.54, 1.807) is 0 Å². The van der Waals surface area contributed by atoms with Gasteiger partial charge in [0, 0.05) is 18.0 Å². The Bertz CT molecular complexity index is 439. The maximum Gasteiger partial charge on any atom is 0.257 e. The average molecular weight is 270 g/mol. The van der Waals surface area contributed by atoms with Gasteiger partial charge in [-0.3, -0.25) is 4.79 Å². The third-order valence-corrected chi connectivity index (χ3v) is 3.68. The van der Waals surface area contributed by atoms with Gasteiger partial charge in [-0.05, 0) is 46.1 Å². The van der Waals surface area contributed by atoms with Gasteiger partial charge >= 0.3 is 0 Å². The van der Waals surface area contributed by atoms with E-state index in [1.807, 2.05) is 31.7 Å². The van der Waals surface area contributed by atoms with Crippen molar-refractivity contribution in [2.45, 2.75) is 51.5 Å². The van der Waals surface area contributed by atoms with Gasteiger partial charge in [-0.1, -0.05) is 0 Å². The summed E-state index contributed by atoms with van der Waals surface area (Å²) in [5.41, 5.74) is 0.696. The minimum absolute atomic E-state index is 0.0872. The highest BCUT2D eigenvalue weighted by molar-refractivity contribution is 6.20. The fourth-order valence-electron chi connectivity index (χ4n) is 2.72. The normalized spacial score (nSPS) is 21.3. The zero-order valence-corrected chi connectivity index (χ0v) is 12.0.